The average Bonchev–Trinajstić information content (AvgIpc) is 3.28. The van der Waals surface area contributed by atoms with Crippen LogP contribution in [-0.2, 0) is 9.53 Å². The van der Waals surface area contributed by atoms with Crippen LogP contribution in [0.4, 0.5) is 0 Å². The SMILES string of the molecule is CC(C(=O)OC1CCCC1)C1CC2CC1C1C3C=CC(C3)C21. The van der Waals surface area contributed by atoms with Crippen molar-refractivity contribution >= 4 is 5.97 Å². The van der Waals surface area contributed by atoms with E-state index in [1.54, 1.807) is 0 Å². The third kappa shape index (κ3) is 1.82. The lowest BCUT2D eigenvalue weighted by Crippen LogP contribution is -2.37. The topological polar surface area (TPSA) is 26.3 Å². The van der Waals surface area contributed by atoms with Crippen LogP contribution in [0.25, 0.3) is 0 Å². The monoisotopic (exact) mass is 300 g/mol. The Hall–Kier alpha value is -0.790. The summed E-state index contributed by atoms with van der Waals surface area (Å²) in [5.74, 6) is 6.14. The van der Waals surface area contributed by atoms with Crippen LogP contribution >= 0.6 is 0 Å². The molecule has 0 aliphatic heterocycles. The van der Waals surface area contributed by atoms with Crippen molar-refractivity contribution < 1.29 is 9.53 Å². The Kier molecular flexibility index (Phi) is 3.01. The van der Waals surface area contributed by atoms with Crippen molar-refractivity contribution in [1.82, 2.24) is 0 Å². The van der Waals surface area contributed by atoms with E-state index in [-0.39, 0.29) is 18.0 Å². The van der Waals surface area contributed by atoms with E-state index >= 15 is 0 Å². The predicted octanol–water partition coefficient (Wildman–Crippen LogP) is 4.20. The fraction of sp³-hybridized carbons (Fsp3) is 0.850. The molecule has 4 fully saturated rings. The fourth-order valence-electron chi connectivity index (χ4n) is 7.09. The Balaban J connectivity index is 1.29. The van der Waals surface area contributed by atoms with Crippen molar-refractivity contribution in [3.05, 3.63) is 12.2 Å². The van der Waals surface area contributed by atoms with Gasteiger partial charge in [-0.1, -0.05) is 19.1 Å². The zero-order valence-corrected chi connectivity index (χ0v) is 13.6. The van der Waals surface area contributed by atoms with Crippen molar-refractivity contribution in [1.29, 1.82) is 0 Å². The van der Waals surface area contributed by atoms with Crippen LogP contribution in [0.2, 0.25) is 0 Å². The minimum atomic E-state index is 0.111. The Morgan fingerprint density at radius 1 is 1.05 bits per heavy atom. The van der Waals surface area contributed by atoms with Gasteiger partial charge in [0, 0.05) is 0 Å². The van der Waals surface area contributed by atoms with Gasteiger partial charge in [0.05, 0.1) is 5.92 Å². The standard InChI is InChI=1S/C20H28O2/c1-11(20(21)22-15-4-2-3-5-15)16-9-14-10-17(16)19-13-7-6-12(8-13)18(14)19/h6-7,11-19H,2-5,8-10H2,1H3. The number of allylic oxidation sites excluding steroid dienone is 2. The Bertz CT molecular complexity index is 504. The molecule has 0 radical (unpaired) electrons. The normalized spacial score (nSPS) is 49.8. The first-order valence-corrected chi connectivity index (χ1v) is 9.61. The lowest BCUT2D eigenvalue weighted by molar-refractivity contribution is -0.156. The summed E-state index contributed by atoms with van der Waals surface area (Å²) in [5.41, 5.74) is 0. The molecule has 0 aromatic carbocycles. The summed E-state index contributed by atoms with van der Waals surface area (Å²) >= 11 is 0. The van der Waals surface area contributed by atoms with E-state index in [1.165, 1.54) is 32.1 Å². The van der Waals surface area contributed by atoms with Gasteiger partial charge >= 0.3 is 5.97 Å². The first-order valence-electron chi connectivity index (χ1n) is 9.61. The summed E-state index contributed by atoms with van der Waals surface area (Å²) in [6.07, 6.45) is 14.0. The highest BCUT2D eigenvalue weighted by molar-refractivity contribution is 5.72. The quantitative estimate of drug-likeness (QED) is 0.443. The van der Waals surface area contributed by atoms with Gasteiger partial charge in [0.2, 0.25) is 0 Å². The Labute approximate surface area is 133 Å². The van der Waals surface area contributed by atoms with E-state index < -0.39 is 0 Å². The van der Waals surface area contributed by atoms with Gasteiger partial charge in [0.15, 0.2) is 0 Å². The van der Waals surface area contributed by atoms with Crippen LogP contribution in [-0.4, -0.2) is 12.1 Å². The van der Waals surface area contributed by atoms with Crippen molar-refractivity contribution in [2.45, 2.75) is 58.0 Å². The Morgan fingerprint density at radius 2 is 1.77 bits per heavy atom. The first-order chi connectivity index (χ1) is 10.7. The number of hydrogen-bond donors (Lipinski definition) is 0. The van der Waals surface area contributed by atoms with E-state index in [4.69, 9.17) is 4.74 Å². The number of carbonyl (C=O) groups excluding carboxylic acids is 1. The highest BCUT2D eigenvalue weighted by atomic mass is 16.5. The van der Waals surface area contributed by atoms with E-state index in [9.17, 15) is 4.79 Å². The smallest absolute Gasteiger partial charge is 0.309 e. The van der Waals surface area contributed by atoms with Crippen molar-refractivity contribution in [2.24, 2.45) is 47.3 Å². The molecule has 0 aromatic rings. The maximum Gasteiger partial charge on any atom is 0.309 e. The van der Waals surface area contributed by atoms with E-state index in [0.717, 1.165) is 48.3 Å². The maximum absolute atomic E-state index is 12.6. The van der Waals surface area contributed by atoms with E-state index in [2.05, 4.69) is 19.1 Å². The van der Waals surface area contributed by atoms with Crippen LogP contribution in [0.1, 0.15) is 51.9 Å². The van der Waals surface area contributed by atoms with Crippen molar-refractivity contribution in [2.75, 3.05) is 0 Å². The third-order valence-electron chi connectivity index (χ3n) is 7.92. The molecule has 0 saturated heterocycles. The Morgan fingerprint density at radius 3 is 2.55 bits per heavy atom. The summed E-state index contributed by atoms with van der Waals surface area (Å²) in [6, 6.07) is 0. The van der Waals surface area contributed by atoms with E-state index in [0.29, 0.717) is 5.92 Å². The molecule has 5 aliphatic rings. The molecule has 8 atom stereocenters. The van der Waals surface area contributed by atoms with Crippen LogP contribution in [0.3, 0.4) is 0 Å². The number of carbonyl (C=O) groups is 1. The molecule has 8 unspecified atom stereocenters. The first kappa shape index (κ1) is 13.6. The van der Waals surface area contributed by atoms with Crippen LogP contribution in [0.5, 0.6) is 0 Å². The molecular formula is C20H28O2. The van der Waals surface area contributed by atoms with Gasteiger partial charge in [-0.05, 0) is 86.4 Å². The van der Waals surface area contributed by atoms with Gasteiger partial charge in [-0.25, -0.2) is 0 Å². The van der Waals surface area contributed by atoms with E-state index in [1.807, 2.05) is 0 Å². The average molecular weight is 300 g/mol. The van der Waals surface area contributed by atoms with Crippen molar-refractivity contribution in [3.8, 4) is 0 Å². The summed E-state index contributed by atoms with van der Waals surface area (Å²) < 4.78 is 5.81. The number of rotatable bonds is 3. The van der Waals surface area contributed by atoms with Gasteiger partial charge in [-0.3, -0.25) is 4.79 Å². The fourth-order valence-corrected chi connectivity index (χ4v) is 7.09. The number of ether oxygens (including phenoxy) is 1. The summed E-state index contributed by atoms with van der Waals surface area (Å²) in [4.78, 5) is 12.6. The highest BCUT2D eigenvalue weighted by Gasteiger charge is 2.62. The lowest BCUT2D eigenvalue weighted by Gasteiger charge is -2.38. The molecule has 5 rings (SSSR count). The molecule has 4 bridgehead atoms. The largest absolute Gasteiger partial charge is 0.462 e. The number of esters is 1. The van der Waals surface area contributed by atoms with Gasteiger partial charge in [-0.2, -0.15) is 0 Å². The zero-order valence-electron chi connectivity index (χ0n) is 13.6. The third-order valence-corrected chi connectivity index (χ3v) is 7.92. The predicted molar refractivity (Wildman–Crippen MR) is 84.9 cm³/mol. The minimum Gasteiger partial charge on any atom is -0.462 e. The van der Waals surface area contributed by atoms with Crippen molar-refractivity contribution in [3.63, 3.8) is 0 Å². The summed E-state index contributed by atoms with van der Waals surface area (Å²) in [6.45, 7) is 2.15. The summed E-state index contributed by atoms with van der Waals surface area (Å²) in [5, 5.41) is 0. The van der Waals surface area contributed by atoms with Crippen LogP contribution in [0, 0.1) is 47.3 Å². The molecule has 0 heterocycles. The molecular weight excluding hydrogens is 272 g/mol. The highest BCUT2D eigenvalue weighted by Crippen LogP contribution is 2.67. The molecule has 0 amide bonds. The molecule has 0 N–H and O–H groups in total. The summed E-state index contributed by atoms with van der Waals surface area (Å²) in [7, 11) is 0. The minimum absolute atomic E-state index is 0.111. The van der Waals surface area contributed by atoms with Crippen LogP contribution in [0.15, 0.2) is 12.2 Å². The molecule has 0 spiro atoms. The molecule has 120 valence electrons. The molecule has 0 aromatic heterocycles. The lowest BCUT2D eigenvalue weighted by atomic mass is 9.66. The number of hydrogen-bond acceptors (Lipinski definition) is 2. The molecule has 5 aliphatic carbocycles. The molecule has 4 saturated carbocycles. The van der Waals surface area contributed by atoms with Gasteiger partial charge < -0.3 is 4.74 Å². The van der Waals surface area contributed by atoms with Gasteiger partial charge in [-0.15, -0.1) is 0 Å². The zero-order chi connectivity index (χ0) is 14.8. The second-order valence-corrected chi connectivity index (χ2v) is 8.79. The second-order valence-electron chi connectivity index (χ2n) is 8.79. The maximum atomic E-state index is 12.6. The van der Waals surface area contributed by atoms with Gasteiger partial charge in [0.1, 0.15) is 6.10 Å². The second kappa shape index (κ2) is 4.85. The molecule has 22 heavy (non-hydrogen) atoms. The van der Waals surface area contributed by atoms with Crippen LogP contribution < -0.4 is 0 Å². The molecule has 2 heteroatoms. The molecule has 2 nitrogen and oxygen atoms in total. The van der Waals surface area contributed by atoms with Gasteiger partial charge in [0.25, 0.3) is 0 Å². The number of fused-ring (bicyclic) bond motifs is 9.